The van der Waals surface area contributed by atoms with Gasteiger partial charge in [0.25, 0.3) is 0 Å². The highest BCUT2D eigenvalue weighted by Crippen LogP contribution is 2.02. The fourth-order valence-electron chi connectivity index (χ4n) is 1.54. The summed E-state index contributed by atoms with van der Waals surface area (Å²) >= 11 is 0. The van der Waals surface area contributed by atoms with E-state index in [1.54, 1.807) is 20.4 Å². The third-order valence-corrected chi connectivity index (χ3v) is 2.36. The standard InChI is InChI=1S/C11H17N5O2/c1-9-14-11(18-15-9)7-16-6-10(13-8-16)5-12-3-4-17-2/h6,8,12H,3-5,7H2,1-2H3. The van der Waals surface area contributed by atoms with Gasteiger partial charge in [0.05, 0.1) is 18.6 Å². The van der Waals surface area contributed by atoms with Crippen LogP contribution in [0.2, 0.25) is 0 Å². The summed E-state index contributed by atoms with van der Waals surface area (Å²) in [7, 11) is 1.68. The van der Waals surface area contributed by atoms with Crippen LogP contribution in [0.4, 0.5) is 0 Å². The van der Waals surface area contributed by atoms with Crippen molar-refractivity contribution in [1.82, 2.24) is 25.0 Å². The molecular formula is C11H17N5O2. The Hall–Kier alpha value is -1.73. The summed E-state index contributed by atoms with van der Waals surface area (Å²) in [5, 5.41) is 6.98. The van der Waals surface area contributed by atoms with Crippen LogP contribution in [0, 0.1) is 6.92 Å². The van der Waals surface area contributed by atoms with E-state index in [1.165, 1.54) is 0 Å². The molecule has 2 aromatic rings. The Morgan fingerprint density at radius 3 is 3.11 bits per heavy atom. The van der Waals surface area contributed by atoms with Crippen molar-refractivity contribution < 1.29 is 9.26 Å². The Labute approximate surface area is 105 Å². The van der Waals surface area contributed by atoms with E-state index >= 15 is 0 Å². The van der Waals surface area contributed by atoms with Gasteiger partial charge in [-0.15, -0.1) is 0 Å². The normalized spacial score (nSPS) is 11.0. The fraction of sp³-hybridized carbons (Fsp3) is 0.545. The van der Waals surface area contributed by atoms with Crippen LogP contribution in [0.15, 0.2) is 17.0 Å². The molecule has 7 nitrogen and oxygen atoms in total. The van der Waals surface area contributed by atoms with Gasteiger partial charge in [-0.2, -0.15) is 4.98 Å². The molecular weight excluding hydrogens is 234 g/mol. The Morgan fingerprint density at radius 2 is 2.39 bits per heavy atom. The highest BCUT2D eigenvalue weighted by Gasteiger charge is 2.04. The van der Waals surface area contributed by atoms with Gasteiger partial charge in [0.2, 0.25) is 5.89 Å². The molecule has 18 heavy (non-hydrogen) atoms. The molecule has 1 N–H and O–H groups in total. The second kappa shape index (κ2) is 6.27. The summed E-state index contributed by atoms with van der Waals surface area (Å²) in [5.74, 6) is 1.23. The third-order valence-electron chi connectivity index (χ3n) is 2.36. The lowest BCUT2D eigenvalue weighted by Gasteiger charge is -2.00. The van der Waals surface area contributed by atoms with Crippen LogP contribution in [0.25, 0.3) is 0 Å². The van der Waals surface area contributed by atoms with Crippen LogP contribution in [0.3, 0.4) is 0 Å². The van der Waals surface area contributed by atoms with Gasteiger partial charge in [-0.3, -0.25) is 0 Å². The quantitative estimate of drug-likeness (QED) is 0.716. The molecule has 7 heteroatoms. The first kappa shape index (κ1) is 12.7. The molecule has 0 aliphatic carbocycles. The highest BCUT2D eigenvalue weighted by molar-refractivity contribution is 4.98. The van der Waals surface area contributed by atoms with Gasteiger partial charge in [0.1, 0.15) is 6.54 Å². The number of aromatic nitrogens is 4. The van der Waals surface area contributed by atoms with E-state index in [1.807, 2.05) is 10.8 Å². The SMILES string of the molecule is COCCNCc1cn(Cc2nc(C)no2)cn1. The Morgan fingerprint density at radius 1 is 1.50 bits per heavy atom. The minimum absolute atomic E-state index is 0.548. The first-order valence-electron chi connectivity index (χ1n) is 5.77. The van der Waals surface area contributed by atoms with E-state index in [-0.39, 0.29) is 0 Å². The molecule has 2 aromatic heterocycles. The van der Waals surface area contributed by atoms with E-state index in [0.717, 1.165) is 18.8 Å². The number of nitrogens with one attached hydrogen (secondary N) is 1. The lowest BCUT2D eigenvalue weighted by molar-refractivity contribution is 0.199. The zero-order chi connectivity index (χ0) is 12.8. The molecule has 0 radical (unpaired) electrons. The number of ether oxygens (including phenoxy) is 1. The molecule has 0 fully saturated rings. The van der Waals surface area contributed by atoms with Crippen molar-refractivity contribution in [2.75, 3.05) is 20.3 Å². The average molecular weight is 251 g/mol. The van der Waals surface area contributed by atoms with Crippen LogP contribution < -0.4 is 5.32 Å². The van der Waals surface area contributed by atoms with Crippen molar-refractivity contribution in [3.05, 3.63) is 29.9 Å². The van der Waals surface area contributed by atoms with Gasteiger partial charge in [-0.1, -0.05) is 5.16 Å². The van der Waals surface area contributed by atoms with Gasteiger partial charge in [-0.25, -0.2) is 4.98 Å². The summed E-state index contributed by atoms with van der Waals surface area (Å²) in [4.78, 5) is 8.43. The lowest BCUT2D eigenvalue weighted by Crippen LogP contribution is -2.18. The molecule has 0 spiro atoms. The molecule has 0 saturated heterocycles. The van der Waals surface area contributed by atoms with Crippen LogP contribution in [-0.2, 0) is 17.8 Å². The Balaban J connectivity index is 1.82. The summed E-state index contributed by atoms with van der Waals surface area (Å²) in [6, 6.07) is 0. The van der Waals surface area contributed by atoms with Crippen LogP contribution >= 0.6 is 0 Å². The summed E-state index contributed by atoms with van der Waals surface area (Å²) in [6.45, 7) is 4.57. The van der Waals surface area contributed by atoms with E-state index < -0.39 is 0 Å². The zero-order valence-corrected chi connectivity index (χ0v) is 10.6. The topological polar surface area (TPSA) is 78.0 Å². The number of methoxy groups -OCH3 is 1. The molecule has 0 aliphatic rings. The number of rotatable bonds is 7. The van der Waals surface area contributed by atoms with Gasteiger partial charge in [0.15, 0.2) is 5.82 Å². The van der Waals surface area contributed by atoms with Crippen molar-refractivity contribution >= 4 is 0 Å². The monoisotopic (exact) mass is 251 g/mol. The molecule has 0 amide bonds. The maximum Gasteiger partial charge on any atom is 0.246 e. The number of hydrogen-bond acceptors (Lipinski definition) is 6. The van der Waals surface area contributed by atoms with E-state index in [9.17, 15) is 0 Å². The molecule has 0 bridgehead atoms. The van der Waals surface area contributed by atoms with Crippen molar-refractivity contribution in [1.29, 1.82) is 0 Å². The number of aryl methyl sites for hydroxylation is 1. The van der Waals surface area contributed by atoms with Crippen LogP contribution in [0.1, 0.15) is 17.4 Å². The highest BCUT2D eigenvalue weighted by atomic mass is 16.5. The number of imidazole rings is 1. The van der Waals surface area contributed by atoms with Gasteiger partial charge in [0, 0.05) is 26.4 Å². The predicted molar refractivity (Wildman–Crippen MR) is 63.9 cm³/mol. The maximum absolute atomic E-state index is 5.05. The van der Waals surface area contributed by atoms with Crippen LogP contribution in [-0.4, -0.2) is 40.0 Å². The van der Waals surface area contributed by atoms with Gasteiger partial charge >= 0.3 is 0 Å². The molecule has 0 aromatic carbocycles. The molecule has 0 unspecified atom stereocenters. The molecule has 2 heterocycles. The van der Waals surface area contributed by atoms with E-state index in [0.29, 0.717) is 24.9 Å². The van der Waals surface area contributed by atoms with Gasteiger partial charge in [-0.05, 0) is 6.92 Å². The molecule has 0 saturated carbocycles. The van der Waals surface area contributed by atoms with Crippen molar-refractivity contribution in [2.24, 2.45) is 0 Å². The maximum atomic E-state index is 5.05. The summed E-state index contributed by atoms with van der Waals surface area (Å²) < 4.78 is 11.9. The Bertz CT molecular complexity index is 479. The van der Waals surface area contributed by atoms with Crippen molar-refractivity contribution in [3.63, 3.8) is 0 Å². The third kappa shape index (κ3) is 3.64. The van der Waals surface area contributed by atoms with Crippen molar-refractivity contribution in [3.8, 4) is 0 Å². The summed E-state index contributed by atoms with van der Waals surface area (Å²) in [5.41, 5.74) is 0.974. The average Bonchev–Trinajstić information content (AvgIpc) is 2.95. The second-order valence-corrected chi connectivity index (χ2v) is 3.94. The molecule has 98 valence electrons. The van der Waals surface area contributed by atoms with Crippen molar-refractivity contribution in [2.45, 2.75) is 20.0 Å². The minimum Gasteiger partial charge on any atom is -0.383 e. The zero-order valence-electron chi connectivity index (χ0n) is 10.6. The number of hydrogen-bond donors (Lipinski definition) is 1. The lowest BCUT2D eigenvalue weighted by atomic mass is 10.4. The fourth-order valence-corrected chi connectivity index (χ4v) is 1.54. The Kier molecular flexibility index (Phi) is 4.43. The molecule has 2 rings (SSSR count). The predicted octanol–water partition coefficient (Wildman–Crippen LogP) is 0.359. The van der Waals surface area contributed by atoms with Gasteiger partial charge < -0.3 is 19.1 Å². The second-order valence-electron chi connectivity index (χ2n) is 3.94. The van der Waals surface area contributed by atoms with Crippen LogP contribution in [0.5, 0.6) is 0 Å². The largest absolute Gasteiger partial charge is 0.383 e. The first-order chi connectivity index (χ1) is 8.78. The van der Waals surface area contributed by atoms with E-state index in [2.05, 4.69) is 20.4 Å². The first-order valence-corrected chi connectivity index (χ1v) is 5.77. The minimum atomic E-state index is 0.548. The molecule has 0 atom stereocenters. The molecule has 0 aliphatic heterocycles. The van der Waals surface area contributed by atoms with E-state index in [4.69, 9.17) is 9.26 Å². The summed E-state index contributed by atoms with van der Waals surface area (Å²) in [6.07, 6.45) is 3.71. The smallest absolute Gasteiger partial charge is 0.246 e. The number of nitrogens with zero attached hydrogens (tertiary/aromatic N) is 4.